The SMILES string of the molecule is CC(C)(C)OC(=O)N1CCC[C@H](COCc2cccnc2)C1. The van der Waals surface area contributed by atoms with Crippen molar-refractivity contribution in [3.63, 3.8) is 0 Å². The largest absolute Gasteiger partial charge is 0.444 e. The minimum absolute atomic E-state index is 0.218. The van der Waals surface area contributed by atoms with Crippen LogP contribution in [0.1, 0.15) is 39.2 Å². The second-order valence-electron chi connectivity index (χ2n) is 6.81. The molecule has 0 N–H and O–H groups in total. The van der Waals surface area contributed by atoms with Gasteiger partial charge in [0.15, 0.2) is 0 Å². The van der Waals surface area contributed by atoms with Gasteiger partial charge < -0.3 is 14.4 Å². The molecule has 22 heavy (non-hydrogen) atoms. The smallest absolute Gasteiger partial charge is 0.410 e. The summed E-state index contributed by atoms with van der Waals surface area (Å²) in [6.45, 7) is 8.39. The number of aromatic nitrogens is 1. The topological polar surface area (TPSA) is 51.7 Å². The van der Waals surface area contributed by atoms with Crippen LogP contribution in [0.5, 0.6) is 0 Å². The van der Waals surface area contributed by atoms with E-state index in [0.29, 0.717) is 25.7 Å². The van der Waals surface area contributed by atoms with Crippen LogP contribution in [0.25, 0.3) is 0 Å². The third-order valence-electron chi connectivity index (χ3n) is 3.52. The van der Waals surface area contributed by atoms with Crippen LogP contribution in [-0.2, 0) is 16.1 Å². The molecule has 0 aliphatic carbocycles. The van der Waals surface area contributed by atoms with Gasteiger partial charge in [-0.2, -0.15) is 0 Å². The van der Waals surface area contributed by atoms with E-state index in [1.54, 1.807) is 11.1 Å². The van der Waals surface area contributed by atoms with Crippen LogP contribution < -0.4 is 0 Å². The van der Waals surface area contributed by atoms with E-state index in [1.165, 1.54) is 0 Å². The lowest BCUT2D eigenvalue weighted by molar-refractivity contribution is 0.00591. The van der Waals surface area contributed by atoms with Crippen molar-refractivity contribution in [3.8, 4) is 0 Å². The molecule has 0 saturated carbocycles. The van der Waals surface area contributed by atoms with Crippen LogP contribution in [0, 0.1) is 5.92 Å². The average molecular weight is 306 g/mol. The van der Waals surface area contributed by atoms with E-state index in [2.05, 4.69) is 4.98 Å². The number of rotatable bonds is 4. The molecule has 0 bridgehead atoms. The molecule has 0 radical (unpaired) electrons. The van der Waals surface area contributed by atoms with E-state index in [-0.39, 0.29) is 6.09 Å². The Hall–Kier alpha value is -1.62. The zero-order valence-corrected chi connectivity index (χ0v) is 13.7. The van der Waals surface area contributed by atoms with Crippen molar-refractivity contribution >= 4 is 6.09 Å². The summed E-state index contributed by atoms with van der Waals surface area (Å²) in [4.78, 5) is 18.0. The number of hydrogen-bond acceptors (Lipinski definition) is 4. The van der Waals surface area contributed by atoms with Gasteiger partial charge in [0.2, 0.25) is 0 Å². The molecule has 2 heterocycles. The summed E-state index contributed by atoms with van der Waals surface area (Å²) in [5, 5.41) is 0. The van der Waals surface area contributed by atoms with Crippen molar-refractivity contribution in [2.24, 2.45) is 5.92 Å². The second kappa shape index (κ2) is 7.58. The number of nitrogens with zero attached hydrogens (tertiary/aromatic N) is 2. The van der Waals surface area contributed by atoms with Gasteiger partial charge >= 0.3 is 6.09 Å². The normalized spacial score (nSPS) is 19.0. The Morgan fingerprint density at radius 2 is 2.27 bits per heavy atom. The van der Waals surface area contributed by atoms with Crippen LogP contribution in [0.4, 0.5) is 4.79 Å². The van der Waals surface area contributed by atoms with E-state index in [4.69, 9.17) is 9.47 Å². The van der Waals surface area contributed by atoms with Crippen molar-refractivity contribution in [3.05, 3.63) is 30.1 Å². The third-order valence-corrected chi connectivity index (χ3v) is 3.52. The molecule has 5 heteroatoms. The van der Waals surface area contributed by atoms with Crippen molar-refractivity contribution in [1.29, 1.82) is 0 Å². The molecule has 0 spiro atoms. The second-order valence-corrected chi connectivity index (χ2v) is 6.81. The fourth-order valence-corrected chi connectivity index (χ4v) is 2.52. The predicted molar refractivity (Wildman–Crippen MR) is 84.4 cm³/mol. The highest BCUT2D eigenvalue weighted by molar-refractivity contribution is 5.68. The van der Waals surface area contributed by atoms with E-state index >= 15 is 0 Å². The highest BCUT2D eigenvalue weighted by Gasteiger charge is 2.27. The monoisotopic (exact) mass is 306 g/mol. The highest BCUT2D eigenvalue weighted by Crippen LogP contribution is 2.20. The fraction of sp³-hybridized carbons (Fsp3) is 0.647. The van der Waals surface area contributed by atoms with Gasteiger partial charge in [-0.1, -0.05) is 6.07 Å². The van der Waals surface area contributed by atoms with Crippen molar-refractivity contribution in [2.75, 3.05) is 19.7 Å². The molecule has 1 amide bonds. The molecule has 1 atom stereocenters. The lowest BCUT2D eigenvalue weighted by Gasteiger charge is -2.34. The number of piperidine rings is 1. The van der Waals surface area contributed by atoms with Crippen molar-refractivity contribution in [2.45, 2.75) is 45.8 Å². The summed E-state index contributed by atoms with van der Waals surface area (Å²) >= 11 is 0. The third kappa shape index (κ3) is 5.64. The summed E-state index contributed by atoms with van der Waals surface area (Å²) in [5.41, 5.74) is 0.628. The van der Waals surface area contributed by atoms with Crippen molar-refractivity contribution in [1.82, 2.24) is 9.88 Å². The van der Waals surface area contributed by atoms with Crippen LogP contribution >= 0.6 is 0 Å². The first-order chi connectivity index (χ1) is 10.4. The van der Waals surface area contributed by atoms with E-state index < -0.39 is 5.60 Å². The molecule has 0 unspecified atom stereocenters. The molecule has 2 rings (SSSR count). The first-order valence-corrected chi connectivity index (χ1v) is 7.88. The van der Waals surface area contributed by atoms with Crippen LogP contribution in [0.3, 0.4) is 0 Å². The van der Waals surface area contributed by atoms with Crippen molar-refractivity contribution < 1.29 is 14.3 Å². The molecule has 1 aliphatic heterocycles. The Bertz CT molecular complexity index is 471. The summed E-state index contributed by atoms with van der Waals surface area (Å²) in [7, 11) is 0. The van der Waals surface area contributed by atoms with Gasteiger partial charge in [-0.15, -0.1) is 0 Å². The molecule has 0 aromatic carbocycles. The Balaban J connectivity index is 1.75. The minimum Gasteiger partial charge on any atom is -0.444 e. The summed E-state index contributed by atoms with van der Waals surface area (Å²) in [6, 6.07) is 3.91. The van der Waals surface area contributed by atoms with Gasteiger partial charge in [0.05, 0.1) is 13.2 Å². The van der Waals surface area contributed by atoms with Gasteiger partial charge in [-0.3, -0.25) is 4.98 Å². The zero-order chi connectivity index (χ0) is 16.0. The van der Waals surface area contributed by atoms with E-state index in [1.807, 2.05) is 39.1 Å². The number of carbonyl (C=O) groups excluding carboxylic acids is 1. The zero-order valence-electron chi connectivity index (χ0n) is 13.7. The number of pyridine rings is 1. The van der Waals surface area contributed by atoms with Gasteiger partial charge in [-0.25, -0.2) is 4.79 Å². The minimum atomic E-state index is -0.444. The quantitative estimate of drug-likeness (QED) is 0.857. The molecule has 122 valence electrons. The molecular weight excluding hydrogens is 280 g/mol. The summed E-state index contributed by atoms with van der Waals surface area (Å²) in [6.07, 6.45) is 5.44. The standard InChI is InChI=1S/C17H26N2O3/c1-17(2,3)22-16(20)19-9-5-7-15(11-19)13-21-12-14-6-4-8-18-10-14/h4,6,8,10,15H,5,7,9,11-13H2,1-3H3/t15-/m0/s1. The Labute approximate surface area is 132 Å². The fourth-order valence-electron chi connectivity index (χ4n) is 2.52. The molecular formula is C17H26N2O3. The Morgan fingerprint density at radius 3 is 2.95 bits per heavy atom. The average Bonchev–Trinajstić information content (AvgIpc) is 2.47. The Kier molecular flexibility index (Phi) is 5.77. The van der Waals surface area contributed by atoms with E-state index in [9.17, 15) is 4.79 Å². The summed E-state index contributed by atoms with van der Waals surface area (Å²) < 4.78 is 11.2. The molecule has 1 fully saturated rings. The first kappa shape index (κ1) is 16.7. The molecule has 1 aromatic rings. The van der Waals surface area contributed by atoms with Crippen LogP contribution in [-0.4, -0.2) is 41.3 Å². The van der Waals surface area contributed by atoms with Crippen LogP contribution in [0.15, 0.2) is 24.5 Å². The molecule has 1 aliphatic rings. The number of amides is 1. The number of hydrogen-bond donors (Lipinski definition) is 0. The highest BCUT2D eigenvalue weighted by atomic mass is 16.6. The summed E-state index contributed by atoms with van der Waals surface area (Å²) in [5.74, 6) is 0.373. The number of likely N-dealkylation sites (tertiary alicyclic amines) is 1. The van der Waals surface area contributed by atoms with E-state index in [0.717, 1.165) is 24.9 Å². The number of carbonyl (C=O) groups is 1. The lowest BCUT2D eigenvalue weighted by Crippen LogP contribution is -2.43. The van der Waals surface area contributed by atoms with Gasteiger partial charge in [0.25, 0.3) is 0 Å². The molecule has 5 nitrogen and oxygen atoms in total. The maximum absolute atomic E-state index is 12.1. The van der Waals surface area contributed by atoms with Gasteiger partial charge in [-0.05, 0) is 45.2 Å². The molecule has 1 aromatic heterocycles. The maximum Gasteiger partial charge on any atom is 0.410 e. The van der Waals surface area contributed by atoms with Gasteiger partial charge in [0.1, 0.15) is 5.60 Å². The first-order valence-electron chi connectivity index (χ1n) is 7.88. The number of ether oxygens (including phenoxy) is 2. The van der Waals surface area contributed by atoms with Crippen LogP contribution in [0.2, 0.25) is 0 Å². The van der Waals surface area contributed by atoms with Gasteiger partial charge in [0, 0.05) is 31.4 Å². The lowest BCUT2D eigenvalue weighted by atomic mass is 9.99. The predicted octanol–water partition coefficient (Wildman–Crippen LogP) is 3.25. The Morgan fingerprint density at radius 1 is 1.45 bits per heavy atom. The molecule has 1 saturated heterocycles. The maximum atomic E-state index is 12.1.